The maximum atomic E-state index is 12.7. The lowest BCUT2D eigenvalue weighted by Gasteiger charge is -2.24. The molecule has 1 aromatic carbocycles. The second-order valence-electron chi connectivity index (χ2n) is 4.96. The molecule has 1 aromatic rings. The van der Waals surface area contributed by atoms with Crippen molar-refractivity contribution < 1.29 is 28.2 Å². The van der Waals surface area contributed by atoms with E-state index in [2.05, 4.69) is 0 Å². The molecule has 0 aliphatic rings. The van der Waals surface area contributed by atoms with Gasteiger partial charge in [-0.2, -0.15) is 14.8 Å². The van der Waals surface area contributed by atoms with E-state index in [0.717, 1.165) is 11.8 Å². The van der Waals surface area contributed by atoms with Gasteiger partial charge in [0.2, 0.25) is 10.0 Å². The number of carbonyl (C=O) groups is 2. The number of thioether (sulfide) groups is 1. The highest BCUT2D eigenvalue weighted by atomic mass is 32.3. The lowest BCUT2D eigenvalue weighted by Crippen LogP contribution is -2.43. The summed E-state index contributed by atoms with van der Waals surface area (Å²) < 4.78 is 24.6. The van der Waals surface area contributed by atoms with Gasteiger partial charge < -0.3 is 10.2 Å². The maximum absolute atomic E-state index is 12.7. The monoisotopic (exact) mass is 397 g/mol. The Kier molecular flexibility index (Phi) is 7.58. The first-order valence-electron chi connectivity index (χ1n) is 7.19. The zero-order valence-corrected chi connectivity index (χ0v) is 15.2. The molecule has 0 heterocycles. The van der Waals surface area contributed by atoms with Crippen molar-refractivity contribution in [2.75, 3.05) is 13.1 Å². The van der Waals surface area contributed by atoms with E-state index in [4.69, 9.17) is 15.5 Å². The van der Waals surface area contributed by atoms with Crippen LogP contribution in [0.15, 0.2) is 23.1 Å². The fourth-order valence-corrected chi connectivity index (χ4v) is 5.42. The molecule has 0 fully saturated rings. The molecule has 0 aromatic heterocycles. The van der Waals surface area contributed by atoms with Crippen LogP contribution in [0.3, 0.4) is 0 Å². The molecule has 1 unspecified atom stereocenters. The van der Waals surface area contributed by atoms with Crippen molar-refractivity contribution in [2.24, 2.45) is 0 Å². The molecule has 0 saturated heterocycles. The van der Waals surface area contributed by atoms with E-state index in [1.54, 1.807) is 0 Å². The Balaban J connectivity index is 3.29. The van der Waals surface area contributed by atoms with Crippen molar-refractivity contribution in [1.82, 2.24) is 4.31 Å². The van der Waals surface area contributed by atoms with Gasteiger partial charge >= 0.3 is 11.9 Å². The molecule has 1 atom stereocenters. The van der Waals surface area contributed by atoms with Crippen LogP contribution in [0.1, 0.15) is 24.5 Å². The van der Waals surface area contributed by atoms with Crippen LogP contribution in [0.25, 0.3) is 0 Å². The molecule has 2 N–H and O–H groups in total. The summed E-state index contributed by atoms with van der Waals surface area (Å²) >= 11 is 0.770. The number of hydrogen-bond acceptors (Lipinski definition) is 7. The van der Waals surface area contributed by atoms with Crippen LogP contribution in [0.5, 0.6) is 0 Å². The summed E-state index contributed by atoms with van der Waals surface area (Å²) in [5, 5.41) is 36.0. The van der Waals surface area contributed by atoms with E-state index < -0.39 is 39.6 Å². The third-order valence-corrected chi connectivity index (χ3v) is 7.35. The highest BCUT2D eigenvalue weighted by Gasteiger charge is 2.35. The van der Waals surface area contributed by atoms with Gasteiger partial charge in [-0.25, -0.2) is 8.42 Å². The molecule has 0 amide bonds. The first-order chi connectivity index (χ1) is 12.2. The van der Waals surface area contributed by atoms with Crippen molar-refractivity contribution in [3.8, 4) is 12.1 Å². The van der Waals surface area contributed by atoms with Crippen LogP contribution in [0, 0.1) is 22.7 Å². The number of nitriles is 2. The van der Waals surface area contributed by atoms with Crippen LogP contribution in [-0.4, -0.2) is 52.5 Å². The minimum absolute atomic E-state index is 0.0108. The molecule has 138 valence electrons. The first kappa shape index (κ1) is 21.4. The van der Waals surface area contributed by atoms with Gasteiger partial charge in [-0.1, -0.05) is 13.0 Å². The number of sulfonamides is 1. The number of nitrogens with zero attached hydrogens (tertiary/aromatic N) is 3. The summed E-state index contributed by atoms with van der Waals surface area (Å²) in [6.07, 6.45) is 0.0321. The summed E-state index contributed by atoms with van der Waals surface area (Å²) in [6, 6.07) is 8.07. The van der Waals surface area contributed by atoms with Gasteiger partial charge in [0.25, 0.3) is 0 Å². The molecule has 0 aliphatic carbocycles. The lowest BCUT2D eigenvalue weighted by atomic mass is 10.1. The minimum atomic E-state index is -4.30. The summed E-state index contributed by atoms with van der Waals surface area (Å²) in [4.78, 5) is 22.1. The van der Waals surface area contributed by atoms with Crippen molar-refractivity contribution >= 4 is 33.7 Å². The SMILES string of the molecule is CCC(Sc1cccc(C#N)c1C#N)S(=O)(=O)N(CC(=O)O)CC(=O)O. The Labute approximate surface area is 154 Å². The predicted octanol–water partition coefficient (Wildman–Crippen LogP) is 1.06. The Morgan fingerprint density at radius 1 is 1.19 bits per heavy atom. The van der Waals surface area contributed by atoms with Gasteiger partial charge in [0.15, 0.2) is 0 Å². The number of carboxylic acid groups (broad SMARTS) is 2. The summed E-state index contributed by atoms with van der Waals surface area (Å²) in [5.74, 6) is -2.97. The molecule has 0 spiro atoms. The van der Waals surface area contributed by atoms with E-state index in [0.29, 0.717) is 4.31 Å². The zero-order valence-electron chi connectivity index (χ0n) is 13.6. The van der Waals surface area contributed by atoms with Crippen LogP contribution < -0.4 is 0 Å². The van der Waals surface area contributed by atoms with Gasteiger partial charge in [-0.3, -0.25) is 9.59 Å². The van der Waals surface area contributed by atoms with Gasteiger partial charge in [0.1, 0.15) is 29.8 Å². The third-order valence-electron chi connectivity index (χ3n) is 3.17. The predicted molar refractivity (Wildman–Crippen MR) is 91.6 cm³/mol. The molecule has 0 aliphatic heterocycles. The zero-order chi connectivity index (χ0) is 19.9. The van der Waals surface area contributed by atoms with E-state index in [9.17, 15) is 23.3 Å². The van der Waals surface area contributed by atoms with Gasteiger partial charge in [0, 0.05) is 4.90 Å². The highest BCUT2D eigenvalue weighted by molar-refractivity contribution is 8.12. The van der Waals surface area contributed by atoms with E-state index in [1.807, 2.05) is 12.1 Å². The van der Waals surface area contributed by atoms with Crippen LogP contribution in [0.4, 0.5) is 0 Å². The molecule has 0 bridgehead atoms. The third kappa shape index (κ3) is 5.20. The van der Waals surface area contributed by atoms with Crippen molar-refractivity contribution in [2.45, 2.75) is 22.8 Å². The van der Waals surface area contributed by atoms with Gasteiger partial charge in [-0.05, 0) is 18.6 Å². The molecular weight excluding hydrogens is 382 g/mol. The van der Waals surface area contributed by atoms with Gasteiger partial charge in [0.05, 0.1) is 11.1 Å². The largest absolute Gasteiger partial charge is 0.480 e. The fraction of sp³-hybridized carbons (Fsp3) is 0.333. The lowest BCUT2D eigenvalue weighted by molar-refractivity contribution is -0.139. The average Bonchev–Trinajstić information content (AvgIpc) is 2.57. The number of aliphatic carboxylic acids is 2. The fourth-order valence-electron chi connectivity index (χ4n) is 2.04. The van der Waals surface area contributed by atoms with E-state index in [1.165, 1.54) is 25.1 Å². The molecule has 26 heavy (non-hydrogen) atoms. The van der Waals surface area contributed by atoms with E-state index in [-0.39, 0.29) is 22.4 Å². The van der Waals surface area contributed by atoms with Crippen LogP contribution in [0.2, 0.25) is 0 Å². The molecule has 9 nitrogen and oxygen atoms in total. The molecule has 0 saturated carbocycles. The number of carboxylic acids is 2. The minimum Gasteiger partial charge on any atom is -0.480 e. The molecular formula is C15H15N3O6S2. The quantitative estimate of drug-likeness (QED) is 0.581. The standard InChI is InChI=1S/C15H15N3O6S2/c1-2-15(25-12-5-3-4-10(6-16)11(12)7-17)26(23,24)18(8-13(19)20)9-14(21)22/h3-5,15H,2,8-9H2,1H3,(H,19,20)(H,21,22). The second-order valence-corrected chi connectivity index (χ2v) is 8.62. The normalized spacial score (nSPS) is 12.2. The van der Waals surface area contributed by atoms with Crippen molar-refractivity contribution in [3.63, 3.8) is 0 Å². The maximum Gasteiger partial charge on any atom is 0.318 e. The smallest absolute Gasteiger partial charge is 0.318 e. The first-order valence-corrected chi connectivity index (χ1v) is 9.58. The average molecular weight is 397 g/mol. The Bertz CT molecular complexity index is 870. The highest BCUT2D eigenvalue weighted by Crippen LogP contribution is 2.34. The van der Waals surface area contributed by atoms with Crippen molar-refractivity contribution in [3.05, 3.63) is 29.3 Å². The summed E-state index contributed by atoms with van der Waals surface area (Å²) in [5.41, 5.74) is 0.0920. The number of benzene rings is 1. The molecule has 0 radical (unpaired) electrons. The number of hydrogen-bond donors (Lipinski definition) is 2. The van der Waals surface area contributed by atoms with Crippen LogP contribution >= 0.6 is 11.8 Å². The Morgan fingerprint density at radius 3 is 2.19 bits per heavy atom. The van der Waals surface area contributed by atoms with Gasteiger partial charge in [-0.15, -0.1) is 11.8 Å². The second kappa shape index (κ2) is 9.20. The topological polar surface area (TPSA) is 160 Å². The molecule has 1 rings (SSSR count). The van der Waals surface area contributed by atoms with Crippen LogP contribution in [-0.2, 0) is 19.6 Å². The summed E-state index contributed by atoms with van der Waals surface area (Å²) in [6.45, 7) is -0.445. The Hall–Kier alpha value is -2.60. The van der Waals surface area contributed by atoms with E-state index >= 15 is 0 Å². The summed E-state index contributed by atoms with van der Waals surface area (Å²) in [7, 11) is -4.30. The number of rotatable bonds is 9. The Morgan fingerprint density at radius 2 is 1.77 bits per heavy atom. The molecule has 11 heteroatoms. The van der Waals surface area contributed by atoms with Crippen molar-refractivity contribution in [1.29, 1.82) is 10.5 Å².